The molecule has 0 saturated heterocycles. The second-order valence-corrected chi connectivity index (χ2v) is 7.47. The van der Waals surface area contributed by atoms with E-state index >= 15 is 0 Å². The summed E-state index contributed by atoms with van der Waals surface area (Å²) in [6, 6.07) is 0. The van der Waals surface area contributed by atoms with Gasteiger partial charge in [0.1, 0.15) is 12.0 Å². The fraction of sp³-hybridized carbons (Fsp3) is 0.609. The third kappa shape index (κ3) is 7.33. The highest BCUT2D eigenvalue weighted by Gasteiger charge is 2.14. The van der Waals surface area contributed by atoms with Crippen LogP contribution in [0.15, 0.2) is 47.3 Å². The molecule has 0 amide bonds. The molecule has 1 atom stereocenters. The van der Waals surface area contributed by atoms with Crippen molar-refractivity contribution in [3.8, 4) is 0 Å². The van der Waals surface area contributed by atoms with Gasteiger partial charge < -0.3 is 14.4 Å². The Morgan fingerprint density at radius 1 is 1.19 bits per heavy atom. The van der Waals surface area contributed by atoms with Crippen LogP contribution in [0.25, 0.3) is 0 Å². The minimum absolute atomic E-state index is 0.233. The van der Waals surface area contributed by atoms with Crippen LogP contribution in [0.5, 0.6) is 0 Å². The minimum atomic E-state index is 0.233. The van der Waals surface area contributed by atoms with Gasteiger partial charge in [-0.25, -0.2) is 0 Å². The van der Waals surface area contributed by atoms with Crippen molar-refractivity contribution in [1.82, 2.24) is 4.90 Å². The van der Waals surface area contributed by atoms with Crippen LogP contribution in [0, 0.1) is 5.92 Å². The molecule has 2 aliphatic rings. The van der Waals surface area contributed by atoms with Gasteiger partial charge in [0.05, 0.1) is 6.61 Å². The van der Waals surface area contributed by atoms with Gasteiger partial charge in [0, 0.05) is 5.92 Å². The molecule has 0 saturated carbocycles. The van der Waals surface area contributed by atoms with Gasteiger partial charge in [0.15, 0.2) is 0 Å². The summed E-state index contributed by atoms with van der Waals surface area (Å²) in [6.07, 6.45) is 20.5. The van der Waals surface area contributed by atoms with Gasteiger partial charge in [-0.3, -0.25) is 0 Å². The summed E-state index contributed by atoms with van der Waals surface area (Å²) in [7, 11) is 2.19. The third-order valence-corrected chi connectivity index (χ3v) is 5.19. The largest absolute Gasteiger partial charge is 0.494 e. The maximum Gasteiger partial charge on any atom is 0.123 e. The number of unbranched alkanes of at least 4 members (excludes halogenated alkanes) is 1. The van der Waals surface area contributed by atoms with E-state index in [2.05, 4.69) is 49.3 Å². The van der Waals surface area contributed by atoms with Crippen LogP contribution in [0.4, 0.5) is 0 Å². The van der Waals surface area contributed by atoms with E-state index in [4.69, 9.17) is 4.74 Å². The number of hydrogen-bond acceptors (Lipinski definition) is 3. The van der Waals surface area contributed by atoms with Gasteiger partial charge in [-0.1, -0.05) is 25.2 Å². The third-order valence-electron chi connectivity index (χ3n) is 5.19. The van der Waals surface area contributed by atoms with Gasteiger partial charge in [-0.2, -0.15) is 0 Å². The topological polar surface area (TPSA) is 29.5 Å². The fourth-order valence-corrected chi connectivity index (χ4v) is 3.60. The first-order valence-electron chi connectivity index (χ1n) is 10.3. The highest BCUT2D eigenvalue weighted by Crippen LogP contribution is 2.29. The first-order chi connectivity index (χ1) is 12.7. The number of ether oxygens (including phenoxy) is 1. The standard InChI is InChI=1S/C23H35NO2/c1-3-16-24(2)17-4-5-18-26-23-11-7-10-22(14-15-23)21-9-6-8-20(19-25)12-13-21/h7,9,11,14-15,19-20H,3-6,8,10,12-13,16-18H2,1-2H3. The van der Waals surface area contributed by atoms with Crippen LogP contribution < -0.4 is 0 Å². The molecule has 0 aromatic heterocycles. The second-order valence-electron chi connectivity index (χ2n) is 7.47. The molecular weight excluding hydrogens is 322 g/mol. The van der Waals surface area contributed by atoms with Crippen molar-refractivity contribution in [3.05, 3.63) is 47.3 Å². The molecule has 1 unspecified atom stereocenters. The Kier molecular flexibility index (Phi) is 9.47. The zero-order valence-corrected chi connectivity index (χ0v) is 16.6. The van der Waals surface area contributed by atoms with E-state index in [0.29, 0.717) is 0 Å². The van der Waals surface area contributed by atoms with Crippen molar-refractivity contribution in [2.45, 2.75) is 58.3 Å². The average Bonchev–Trinajstić information content (AvgIpc) is 3.02. The number of carbonyl (C=O) groups is 1. The van der Waals surface area contributed by atoms with Crippen molar-refractivity contribution in [2.75, 3.05) is 26.7 Å². The van der Waals surface area contributed by atoms with E-state index in [9.17, 15) is 4.79 Å². The Hall–Kier alpha value is -1.61. The molecule has 26 heavy (non-hydrogen) atoms. The summed E-state index contributed by atoms with van der Waals surface area (Å²) in [6.45, 7) is 5.32. The van der Waals surface area contributed by atoms with Crippen LogP contribution in [-0.2, 0) is 9.53 Å². The van der Waals surface area contributed by atoms with E-state index in [1.54, 1.807) is 0 Å². The molecule has 0 spiro atoms. The molecule has 2 rings (SSSR count). The van der Waals surface area contributed by atoms with Gasteiger partial charge in [-0.05, 0) is 94.8 Å². The number of nitrogens with zero attached hydrogens (tertiary/aromatic N) is 1. The number of carbonyl (C=O) groups excluding carboxylic acids is 1. The molecule has 144 valence electrons. The van der Waals surface area contributed by atoms with E-state index in [-0.39, 0.29) is 5.92 Å². The van der Waals surface area contributed by atoms with Crippen LogP contribution in [0.1, 0.15) is 58.3 Å². The molecule has 0 fully saturated rings. The van der Waals surface area contributed by atoms with Gasteiger partial charge in [0.25, 0.3) is 0 Å². The van der Waals surface area contributed by atoms with Crippen LogP contribution >= 0.6 is 0 Å². The summed E-state index contributed by atoms with van der Waals surface area (Å²) < 4.78 is 5.94. The lowest BCUT2D eigenvalue weighted by Crippen LogP contribution is -2.20. The number of allylic oxidation sites excluding steroid dienone is 7. The Morgan fingerprint density at radius 3 is 2.88 bits per heavy atom. The first kappa shape index (κ1) is 20.7. The first-order valence-corrected chi connectivity index (χ1v) is 10.3. The second kappa shape index (κ2) is 11.9. The molecule has 0 bridgehead atoms. The molecule has 3 nitrogen and oxygen atoms in total. The van der Waals surface area contributed by atoms with Crippen LogP contribution in [-0.4, -0.2) is 37.9 Å². The van der Waals surface area contributed by atoms with Gasteiger partial charge >= 0.3 is 0 Å². The Bertz CT molecular complexity index is 557. The maximum absolute atomic E-state index is 11.0. The molecule has 0 aliphatic heterocycles. The molecule has 2 aliphatic carbocycles. The molecule has 0 aromatic carbocycles. The Morgan fingerprint density at radius 2 is 2.08 bits per heavy atom. The van der Waals surface area contributed by atoms with Crippen LogP contribution in [0.3, 0.4) is 0 Å². The highest BCUT2D eigenvalue weighted by atomic mass is 16.5. The predicted molar refractivity (Wildman–Crippen MR) is 109 cm³/mol. The molecule has 0 N–H and O–H groups in total. The monoisotopic (exact) mass is 357 g/mol. The summed E-state index contributed by atoms with van der Waals surface area (Å²) in [5.74, 6) is 1.19. The van der Waals surface area contributed by atoms with Gasteiger partial charge in [0.2, 0.25) is 0 Å². The van der Waals surface area contributed by atoms with E-state index < -0.39 is 0 Å². The predicted octanol–water partition coefficient (Wildman–Crippen LogP) is 5.21. The van der Waals surface area contributed by atoms with E-state index in [0.717, 1.165) is 63.7 Å². The molecular formula is C23H35NO2. The minimum Gasteiger partial charge on any atom is -0.494 e. The van der Waals surface area contributed by atoms with Crippen molar-refractivity contribution in [3.63, 3.8) is 0 Å². The molecule has 0 heterocycles. The lowest BCUT2D eigenvalue weighted by Gasteiger charge is -2.15. The zero-order valence-electron chi connectivity index (χ0n) is 16.6. The molecule has 3 heteroatoms. The average molecular weight is 358 g/mol. The van der Waals surface area contributed by atoms with E-state index in [1.807, 2.05) is 0 Å². The normalized spacial score (nSPS) is 20.7. The van der Waals surface area contributed by atoms with Crippen molar-refractivity contribution in [1.29, 1.82) is 0 Å². The summed E-state index contributed by atoms with van der Waals surface area (Å²) in [5, 5.41) is 0. The molecule has 0 radical (unpaired) electrons. The SMILES string of the molecule is CCCN(C)CCCCOC1=CC=C(C2=CCCC(C=O)CC2)CC=C1. The van der Waals surface area contributed by atoms with Gasteiger partial charge in [-0.15, -0.1) is 0 Å². The summed E-state index contributed by atoms with van der Waals surface area (Å²) in [4.78, 5) is 13.4. The van der Waals surface area contributed by atoms with E-state index in [1.165, 1.54) is 30.5 Å². The Labute approximate surface area is 159 Å². The maximum atomic E-state index is 11.0. The summed E-state index contributed by atoms with van der Waals surface area (Å²) in [5.41, 5.74) is 2.78. The lowest BCUT2D eigenvalue weighted by molar-refractivity contribution is -0.111. The Balaban J connectivity index is 1.77. The fourth-order valence-electron chi connectivity index (χ4n) is 3.60. The lowest BCUT2D eigenvalue weighted by atomic mass is 9.96. The smallest absolute Gasteiger partial charge is 0.123 e. The zero-order chi connectivity index (χ0) is 18.6. The number of rotatable bonds is 10. The summed E-state index contributed by atoms with van der Waals surface area (Å²) >= 11 is 0. The van der Waals surface area contributed by atoms with Crippen molar-refractivity contribution >= 4 is 6.29 Å². The van der Waals surface area contributed by atoms with Crippen molar-refractivity contribution in [2.24, 2.45) is 5.92 Å². The number of hydrogen-bond donors (Lipinski definition) is 0. The quantitative estimate of drug-likeness (QED) is 0.397. The molecule has 0 aromatic rings. The van der Waals surface area contributed by atoms with Crippen LogP contribution in [0.2, 0.25) is 0 Å². The highest BCUT2D eigenvalue weighted by molar-refractivity contribution is 5.54. The number of aldehydes is 1. The van der Waals surface area contributed by atoms with Crippen molar-refractivity contribution < 1.29 is 9.53 Å².